The Labute approximate surface area is 282 Å². The van der Waals surface area contributed by atoms with Crippen molar-refractivity contribution < 1.29 is 37.0 Å². The lowest BCUT2D eigenvalue weighted by molar-refractivity contribution is -0.00834. The Morgan fingerprint density at radius 2 is 1.73 bits per heavy atom. The lowest BCUT2D eigenvalue weighted by atomic mass is 10.0. The first-order chi connectivity index (χ1) is 22.9. The molecular formula is C35H45FN4O7S. The highest BCUT2D eigenvalue weighted by Crippen LogP contribution is 2.29. The molecule has 0 unspecified atom stereocenters. The number of para-hydroxylation sites is 1. The number of halogens is 1. The summed E-state index contributed by atoms with van der Waals surface area (Å²) >= 11 is 0. The molecule has 260 valence electrons. The topological polar surface area (TPSA) is 138 Å². The summed E-state index contributed by atoms with van der Waals surface area (Å²) in [6.45, 7) is 5.64. The molecule has 0 saturated heterocycles. The smallest absolute Gasteiger partial charge is 0.323 e. The molecule has 1 aliphatic rings. The van der Waals surface area contributed by atoms with Gasteiger partial charge in [-0.1, -0.05) is 25.1 Å². The molecule has 0 bridgehead atoms. The maximum atomic E-state index is 14.3. The quantitative estimate of drug-likeness (QED) is 0.282. The minimum absolute atomic E-state index is 0.0168. The number of urea groups is 1. The number of nitrogens with one attached hydrogen (secondary N) is 2. The summed E-state index contributed by atoms with van der Waals surface area (Å²) in [6, 6.07) is 17.4. The maximum Gasteiger partial charge on any atom is 0.323 e. The Morgan fingerprint density at radius 1 is 1.04 bits per heavy atom. The number of carbonyl (C=O) groups is 2. The number of fused-ring (bicyclic) bond motifs is 1. The van der Waals surface area contributed by atoms with Crippen LogP contribution in [-0.2, 0) is 14.8 Å². The van der Waals surface area contributed by atoms with E-state index in [-0.39, 0.29) is 42.2 Å². The van der Waals surface area contributed by atoms with Crippen molar-refractivity contribution in [3.8, 4) is 5.75 Å². The summed E-state index contributed by atoms with van der Waals surface area (Å²) in [7, 11) is -2.52. The van der Waals surface area contributed by atoms with E-state index in [0.717, 1.165) is 18.6 Å². The van der Waals surface area contributed by atoms with Gasteiger partial charge in [0, 0.05) is 44.0 Å². The van der Waals surface area contributed by atoms with Crippen molar-refractivity contribution in [2.45, 2.75) is 63.2 Å². The summed E-state index contributed by atoms with van der Waals surface area (Å²) in [5.41, 5.74) is 1.18. The van der Waals surface area contributed by atoms with Crippen LogP contribution in [0.5, 0.6) is 5.75 Å². The van der Waals surface area contributed by atoms with Crippen molar-refractivity contribution in [1.29, 1.82) is 0 Å². The molecule has 3 aromatic carbocycles. The zero-order valence-corrected chi connectivity index (χ0v) is 28.6. The molecule has 3 N–H and O–H groups in total. The second-order valence-electron chi connectivity index (χ2n) is 12.2. The van der Waals surface area contributed by atoms with Crippen molar-refractivity contribution in [3.63, 3.8) is 0 Å². The van der Waals surface area contributed by atoms with Gasteiger partial charge in [0.2, 0.25) is 10.0 Å². The van der Waals surface area contributed by atoms with E-state index in [1.165, 1.54) is 28.4 Å². The molecule has 0 aliphatic carbocycles. The number of aliphatic hydroxyl groups excluding tert-OH is 1. The molecular weight excluding hydrogens is 639 g/mol. The number of hydrogen-bond donors (Lipinski definition) is 3. The molecule has 0 radical (unpaired) electrons. The molecule has 3 amide bonds. The largest absolute Gasteiger partial charge is 0.490 e. The van der Waals surface area contributed by atoms with Gasteiger partial charge in [-0.25, -0.2) is 17.6 Å². The molecule has 0 spiro atoms. The predicted molar refractivity (Wildman–Crippen MR) is 182 cm³/mol. The molecule has 13 heteroatoms. The van der Waals surface area contributed by atoms with Crippen LogP contribution >= 0.6 is 0 Å². The van der Waals surface area contributed by atoms with Crippen LogP contribution in [0.3, 0.4) is 0 Å². The number of benzene rings is 3. The molecule has 1 heterocycles. The minimum Gasteiger partial charge on any atom is -0.490 e. The van der Waals surface area contributed by atoms with E-state index >= 15 is 0 Å². The Kier molecular flexibility index (Phi) is 12.9. The van der Waals surface area contributed by atoms with Crippen molar-refractivity contribution in [3.05, 3.63) is 84.2 Å². The van der Waals surface area contributed by atoms with Crippen LogP contribution in [0.2, 0.25) is 0 Å². The fourth-order valence-electron chi connectivity index (χ4n) is 5.42. The van der Waals surface area contributed by atoms with E-state index in [0.29, 0.717) is 36.6 Å². The highest BCUT2D eigenvalue weighted by molar-refractivity contribution is 7.89. The van der Waals surface area contributed by atoms with Crippen LogP contribution in [0.1, 0.15) is 50.4 Å². The number of anilines is 2. The van der Waals surface area contributed by atoms with Crippen LogP contribution in [0.15, 0.2) is 77.7 Å². The SMILES string of the molecule is C[C@@H]1CCCCO[C@H](CN(C)S(=O)(=O)c2ccc(F)cc2)[C@@H](C)CN([C@@H](C)CO)C(=O)c2cc(NC(=O)Nc3ccccc3)ccc2O1. The minimum atomic E-state index is -3.96. The zero-order valence-electron chi connectivity index (χ0n) is 27.8. The van der Waals surface area contributed by atoms with E-state index in [2.05, 4.69) is 10.6 Å². The fourth-order valence-corrected chi connectivity index (χ4v) is 6.60. The fraction of sp³-hybridized carbons (Fsp3) is 0.429. The Morgan fingerprint density at radius 3 is 2.42 bits per heavy atom. The number of carbonyl (C=O) groups excluding carboxylic acids is 2. The highest BCUT2D eigenvalue weighted by Gasteiger charge is 2.32. The van der Waals surface area contributed by atoms with Gasteiger partial charge in [0.15, 0.2) is 0 Å². The standard InChI is InChI=1S/C35H45FN4O7S/c1-24-21-40(25(2)23-41)34(42)31-20-29(38-35(43)37-28-11-6-5-7-12-28)15-18-32(31)47-26(3)10-8-9-19-46-33(24)22-39(4)48(44,45)30-16-13-27(36)14-17-30/h5-7,11-18,20,24-26,33,41H,8-10,19,21-23H2,1-4H3,(H2,37,38,43)/t24-,25-,26+,33+/m0/s1. The third kappa shape index (κ3) is 9.75. The molecule has 11 nitrogen and oxygen atoms in total. The Bertz CT molecular complexity index is 1630. The normalized spacial score (nSPS) is 20.3. The van der Waals surface area contributed by atoms with Gasteiger partial charge in [-0.15, -0.1) is 0 Å². The molecule has 48 heavy (non-hydrogen) atoms. The lowest BCUT2D eigenvalue weighted by Gasteiger charge is -2.35. The average molecular weight is 685 g/mol. The third-order valence-electron chi connectivity index (χ3n) is 8.30. The highest BCUT2D eigenvalue weighted by atomic mass is 32.2. The lowest BCUT2D eigenvalue weighted by Crippen LogP contribution is -2.48. The monoisotopic (exact) mass is 684 g/mol. The number of rotatable bonds is 8. The number of nitrogens with zero attached hydrogens (tertiary/aromatic N) is 2. The number of hydrogen-bond acceptors (Lipinski definition) is 7. The molecule has 0 aromatic heterocycles. The van der Waals surface area contributed by atoms with Gasteiger partial charge in [-0.3, -0.25) is 4.79 Å². The van der Waals surface area contributed by atoms with Gasteiger partial charge in [-0.05, 0) is 87.7 Å². The van der Waals surface area contributed by atoms with Crippen LogP contribution < -0.4 is 15.4 Å². The van der Waals surface area contributed by atoms with E-state index in [1.807, 2.05) is 19.9 Å². The van der Waals surface area contributed by atoms with Gasteiger partial charge < -0.3 is 30.1 Å². The predicted octanol–water partition coefficient (Wildman–Crippen LogP) is 5.59. The van der Waals surface area contributed by atoms with Gasteiger partial charge in [0.05, 0.1) is 35.3 Å². The van der Waals surface area contributed by atoms with Crippen molar-refractivity contribution in [2.24, 2.45) is 5.92 Å². The second kappa shape index (κ2) is 16.9. The van der Waals surface area contributed by atoms with Crippen molar-refractivity contribution in [1.82, 2.24) is 9.21 Å². The molecule has 4 rings (SSSR count). The van der Waals surface area contributed by atoms with Crippen LogP contribution in [-0.4, -0.2) is 86.3 Å². The van der Waals surface area contributed by atoms with Gasteiger partial charge in [0.1, 0.15) is 11.6 Å². The first-order valence-corrected chi connectivity index (χ1v) is 17.5. The van der Waals surface area contributed by atoms with Crippen molar-refractivity contribution >= 4 is 33.3 Å². The second-order valence-corrected chi connectivity index (χ2v) is 14.2. The van der Waals surface area contributed by atoms with Crippen molar-refractivity contribution in [2.75, 3.05) is 44.0 Å². The number of likely N-dealkylation sites (N-methyl/N-ethyl adjacent to an activating group) is 1. The first-order valence-electron chi connectivity index (χ1n) is 16.1. The van der Waals surface area contributed by atoms with Crippen LogP contribution in [0.4, 0.5) is 20.6 Å². The van der Waals surface area contributed by atoms with E-state index in [9.17, 15) is 27.5 Å². The summed E-state index contributed by atoms with van der Waals surface area (Å²) in [4.78, 5) is 28.6. The molecule has 0 saturated carbocycles. The molecule has 1 aliphatic heterocycles. The molecule has 0 fully saturated rings. The summed E-state index contributed by atoms with van der Waals surface area (Å²) < 4.78 is 53.9. The number of ether oxygens (including phenoxy) is 2. The van der Waals surface area contributed by atoms with Crippen LogP contribution in [0.25, 0.3) is 0 Å². The number of sulfonamides is 1. The van der Waals surface area contributed by atoms with E-state index in [4.69, 9.17) is 9.47 Å². The van der Waals surface area contributed by atoms with Crippen LogP contribution in [0, 0.1) is 11.7 Å². The summed E-state index contributed by atoms with van der Waals surface area (Å²) in [6.07, 6.45) is 1.28. The van der Waals surface area contributed by atoms with E-state index in [1.54, 1.807) is 49.4 Å². The van der Waals surface area contributed by atoms with Gasteiger partial charge >= 0.3 is 6.03 Å². The van der Waals surface area contributed by atoms with Gasteiger partial charge in [-0.2, -0.15) is 4.31 Å². The van der Waals surface area contributed by atoms with Gasteiger partial charge in [0.25, 0.3) is 5.91 Å². The average Bonchev–Trinajstić information content (AvgIpc) is 3.06. The summed E-state index contributed by atoms with van der Waals surface area (Å²) in [5.74, 6) is -1.000. The summed E-state index contributed by atoms with van der Waals surface area (Å²) in [5, 5.41) is 15.7. The van der Waals surface area contributed by atoms with E-state index < -0.39 is 39.9 Å². The third-order valence-corrected chi connectivity index (χ3v) is 10.1. The zero-order chi connectivity index (χ0) is 34.8. The molecule has 3 aromatic rings. The number of aliphatic hydroxyl groups is 1. The molecule has 4 atom stereocenters. The maximum absolute atomic E-state index is 14.3. The Hall–Kier alpha value is -4.04. The first kappa shape index (κ1) is 36.8. The number of amides is 3. The Balaban J connectivity index is 1.62.